The number of hydrogen-bond donors (Lipinski definition) is 1. The smallest absolute Gasteiger partial charge is 0.223 e. The standard InChI is InChI=1S/C21H23N3O2/c1-26-17-10-6-15(7-11-17)14-24-19-5-3-2-4-18(19)23-20(24)12-13-22-21(25)16-8-9-16/h2-7,10-11,16H,8-9,12-14H2,1H3,(H,22,25). The maximum absolute atomic E-state index is 11.9. The van der Waals surface area contributed by atoms with E-state index in [9.17, 15) is 4.79 Å². The van der Waals surface area contributed by atoms with Gasteiger partial charge in [-0.15, -0.1) is 0 Å². The predicted molar refractivity (Wildman–Crippen MR) is 101 cm³/mol. The molecule has 0 unspecified atom stereocenters. The Labute approximate surface area is 153 Å². The van der Waals surface area contributed by atoms with Gasteiger partial charge < -0.3 is 14.6 Å². The molecule has 26 heavy (non-hydrogen) atoms. The number of ether oxygens (including phenoxy) is 1. The molecule has 2 aromatic carbocycles. The van der Waals surface area contributed by atoms with Gasteiger partial charge in [0.2, 0.25) is 5.91 Å². The lowest BCUT2D eigenvalue weighted by atomic mass is 10.2. The summed E-state index contributed by atoms with van der Waals surface area (Å²) in [5.74, 6) is 2.28. The number of imidazole rings is 1. The molecule has 134 valence electrons. The molecular formula is C21H23N3O2. The molecule has 5 nitrogen and oxygen atoms in total. The third-order valence-electron chi connectivity index (χ3n) is 4.83. The van der Waals surface area contributed by atoms with Gasteiger partial charge in [-0.2, -0.15) is 0 Å². The molecule has 0 bridgehead atoms. The van der Waals surface area contributed by atoms with Gasteiger partial charge in [-0.25, -0.2) is 4.98 Å². The van der Waals surface area contributed by atoms with E-state index in [1.165, 1.54) is 5.56 Å². The highest BCUT2D eigenvalue weighted by Gasteiger charge is 2.29. The van der Waals surface area contributed by atoms with Gasteiger partial charge in [-0.1, -0.05) is 24.3 Å². The summed E-state index contributed by atoms with van der Waals surface area (Å²) in [7, 11) is 1.67. The monoisotopic (exact) mass is 349 g/mol. The zero-order valence-electron chi connectivity index (χ0n) is 14.9. The van der Waals surface area contributed by atoms with Crippen LogP contribution in [0.3, 0.4) is 0 Å². The number of amides is 1. The third kappa shape index (κ3) is 3.57. The Hall–Kier alpha value is -2.82. The molecule has 0 radical (unpaired) electrons. The summed E-state index contributed by atoms with van der Waals surface area (Å²) < 4.78 is 7.48. The van der Waals surface area contributed by atoms with Crippen LogP contribution in [0.2, 0.25) is 0 Å². The first kappa shape index (κ1) is 16.6. The van der Waals surface area contributed by atoms with Crippen molar-refractivity contribution in [3.05, 3.63) is 59.9 Å². The fourth-order valence-corrected chi connectivity index (χ4v) is 3.19. The number of carbonyl (C=O) groups is 1. The molecule has 1 N–H and O–H groups in total. The second-order valence-corrected chi connectivity index (χ2v) is 6.77. The first-order chi connectivity index (χ1) is 12.7. The first-order valence-electron chi connectivity index (χ1n) is 9.09. The van der Waals surface area contributed by atoms with Crippen LogP contribution in [0.15, 0.2) is 48.5 Å². The van der Waals surface area contributed by atoms with E-state index in [-0.39, 0.29) is 11.8 Å². The number of methoxy groups -OCH3 is 1. The van der Waals surface area contributed by atoms with E-state index in [1.54, 1.807) is 7.11 Å². The zero-order valence-corrected chi connectivity index (χ0v) is 14.9. The van der Waals surface area contributed by atoms with Crippen molar-refractivity contribution in [3.8, 4) is 5.75 Å². The van der Waals surface area contributed by atoms with E-state index < -0.39 is 0 Å². The number of hydrogen-bond acceptors (Lipinski definition) is 3. The fraction of sp³-hybridized carbons (Fsp3) is 0.333. The van der Waals surface area contributed by atoms with Gasteiger partial charge in [0.1, 0.15) is 11.6 Å². The van der Waals surface area contributed by atoms with Crippen LogP contribution in [0.1, 0.15) is 24.2 Å². The summed E-state index contributed by atoms with van der Waals surface area (Å²) in [5, 5.41) is 3.03. The second-order valence-electron chi connectivity index (χ2n) is 6.77. The summed E-state index contributed by atoms with van der Waals surface area (Å²) in [6.45, 7) is 1.37. The van der Waals surface area contributed by atoms with Crippen LogP contribution in [0.4, 0.5) is 0 Å². The molecule has 1 aliphatic carbocycles. The van der Waals surface area contributed by atoms with Crippen LogP contribution in [-0.2, 0) is 17.8 Å². The zero-order chi connectivity index (χ0) is 17.9. The van der Waals surface area contributed by atoms with E-state index in [0.29, 0.717) is 6.54 Å². The van der Waals surface area contributed by atoms with Gasteiger partial charge in [0.15, 0.2) is 0 Å². The number of aromatic nitrogens is 2. The minimum atomic E-state index is 0.183. The largest absolute Gasteiger partial charge is 0.497 e. The van der Waals surface area contributed by atoms with Crippen molar-refractivity contribution in [1.82, 2.24) is 14.9 Å². The van der Waals surface area contributed by atoms with Crippen molar-refractivity contribution in [3.63, 3.8) is 0 Å². The van der Waals surface area contributed by atoms with Gasteiger partial charge in [0.25, 0.3) is 0 Å². The van der Waals surface area contributed by atoms with Crippen LogP contribution in [0.5, 0.6) is 5.75 Å². The average molecular weight is 349 g/mol. The Morgan fingerprint density at radius 2 is 1.96 bits per heavy atom. The van der Waals surface area contributed by atoms with Gasteiger partial charge in [-0.05, 0) is 42.7 Å². The lowest BCUT2D eigenvalue weighted by molar-refractivity contribution is -0.122. The topological polar surface area (TPSA) is 56.1 Å². The minimum absolute atomic E-state index is 0.183. The number of benzene rings is 2. The average Bonchev–Trinajstić information content (AvgIpc) is 3.47. The highest BCUT2D eigenvalue weighted by molar-refractivity contribution is 5.80. The molecule has 3 aromatic rings. The van der Waals surface area contributed by atoms with Gasteiger partial charge >= 0.3 is 0 Å². The maximum atomic E-state index is 11.9. The molecule has 1 aromatic heterocycles. The lowest BCUT2D eigenvalue weighted by Gasteiger charge is -2.11. The Kier molecular flexibility index (Phi) is 4.61. The quantitative estimate of drug-likeness (QED) is 0.713. The van der Waals surface area contributed by atoms with Crippen LogP contribution >= 0.6 is 0 Å². The molecule has 0 atom stereocenters. The van der Waals surface area contributed by atoms with Crippen molar-refractivity contribution < 1.29 is 9.53 Å². The number of nitrogens with zero attached hydrogens (tertiary/aromatic N) is 2. The number of nitrogens with one attached hydrogen (secondary N) is 1. The summed E-state index contributed by atoms with van der Waals surface area (Å²) in [6, 6.07) is 16.3. The van der Waals surface area contributed by atoms with E-state index in [1.807, 2.05) is 30.3 Å². The third-order valence-corrected chi connectivity index (χ3v) is 4.83. The van der Waals surface area contributed by atoms with E-state index >= 15 is 0 Å². The predicted octanol–water partition coefficient (Wildman–Crippen LogP) is 3.16. The molecule has 0 aliphatic heterocycles. The SMILES string of the molecule is COc1ccc(Cn2c(CCNC(=O)C3CC3)nc3ccccc32)cc1. The van der Waals surface area contributed by atoms with Gasteiger partial charge in [0, 0.05) is 25.4 Å². The Balaban J connectivity index is 1.55. The van der Waals surface area contributed by atoms with E-state index in [4.69, 9.17) is 9.72 Å². The minimum Gasteiger partial charge on any atom is -0.497 e. The number of rotatable bonds is 7. The molecular weight excluding hydrogens is 326 g/mol. The van der Waals surface area contributed by atoms with E-state index in [2.05, 4.69) is 28.1 Å². The van der Waals surface area contributed by atoms with Crippen LogP contribution in [0, 0.1) is 5.92 Å². The Bertz CT molecular complexity index is 911. The Morgan fingerprint density at radius 3 is 2.69 bits per heavy atom. The Morgan fingerprint density at radius 1 is 1.19 bits per heavy atom. The molecule has 0 saturated heterocycles. The van der Waals surface area contributed by atoms with E-state index in [0.717, 1.165) is 48.4 Å². The van der Waals surface area contributed by atoms with Gasteiger partial charge in [0.05, 0.1) is 18.1 Å². The number of carbonyl (C=O) groups excluding carboxylic acids is 1. The highest BCUT2D eigenvalue weighted by atomic mass is 16.5. The second kappa shape index (κ2) is 7.20. The first-order valence-corrected chi connectivity index (χ1v) is 9.09. The summed E-state index contributed by atoms with van der Waals surface area (Å²) >= 11 is 0. The normalized spacial score (nSPS) is 13.7. The molecule has 1 aliphatic rings. The summed E-state index contributed by atoms with van der Waals surface area (Å²) in [5.41, 5.74) is 3.30. The van der Waals surface area contributed by atoms with Crippen molar-refractivity contribution >= 4 is 16.9 Å². The van der Waals surface area contributed by atoms with Crippen molar-refractivity contribution in [1.29, 1.82) is 0 Å². The lowest BCUT2D eigenvalue weighted by Crippen LogP contribution is -2.27. The van der Waals surface area contributed by atoms with Gasteiger partial charge in [-0.3, -0.25) is 4.79 Å². The molecule has 4 rings (SSSR count). The highest BCUT2D eigenvalue weighted by Crippen LogP contribution is 2.28. The molecule has 1 heterocycles. The molecule has 1 fully saturated rings. The molecule has 1 amide bonds. The van der Waals surface area contributed by atoms with Crippen LogP contribution in [0.25, 0.3) is 11.0 Å². The fourth-order valence-electron chi connectivity index (χ4n) is 3.19. The summed E-state index contributed by atoms with van der Waals surface area (Å²) in [4.78, 5) is 16.6. The van der Waals surface area contributed by atoms with Crippen molar-refractivity contribution in [2.75, 3.05) is 13.7 Å². The summed E-state index contributed by atoms with van der Waals surface area (Å²) in [6.07, 6.45) is 2.78. The maximum Gasteiger partial charge on any atom is 0.223 e. The number of para-hydroxylation sites is 2. The van der Waals surface area contributed by atoms with Crippen LogP contribution < -0.4 is 10.1 Å². The number of fused-ring (bicyclic) bond motifs is 1. The molecule has 5 heteroatoms. The van der Waals surface area contributed by atoms with Crippen molar-refractivity contribution in [2.45, 2.75) is 25.8 Å². The molecule has 1 saturated carbocycles. The molecule has 0 spiro atoms. The van der Waals surface area contributed by atoms with Crippen LogP contribution in [-0.4, -0.2) is 29.1 Å². The van der Waals surface area contributed by atoms with Crippen molar-refractivity contribution in [2.24, 2.45) is 5.92 Å².